The molecule has 0 aliphatic carbocycles. The van der Waals surface area contributed by atoms with Crippen LogP contribution in [0, 0.1) is 0 Å². The van der Waals surface area contributed by atoms with Crippen LogP contribution in [0.25, 0.3) is 5.70 Å². The summed E-state index contributed by atoms with van der Waals surface area (Å²) in [6.07, 6.45) is 4.20. The summed E-state index contributed by atoms with van der Waals surface area (Å²) in [7, 11) is 0. The third-order valence-electron chi connectivity index (χ3n) is 3.85. The highest BCUT2D eigenvalue weighted by molar-refractivity contribution is 7.98. The van der Waals surface area contributed by atoms with Crippen molar-refractivity contribution >= 4 is 23.4 Å². The molecule has 0 radical (unpaired) electrons. The minimum absolute atomic E-state index is 0.0380. The fraction of sp³-hybridized carbons (Fsp3) is 0.111. The number of nitrogens with one attached hydrogen (secondary N) is 1. The van der Waals surface area contributed by atoms with Crippen molar-refractivity contribution in [1.29, 1.82) is 0 Å². The van der Waals surface area contributed by atoms with Gasteiger partial charge in [-0.05, 0) is 23.5 Å². The fourth-order valence-electron chi connectivity index (χ4n) is 2.73. The van der Waals surface area contributed by atoms with Gasteiger partial charge in [-0.3, -0.25) is 0 Å². The Morgan fingerprint density at radius 2 is 1.70 bits per heavy atom. The molecule has 23 heavy (non-hydrogen) atoms. The molecule has 4 rings (SSSR count). The summed E-state index contributed by atoms with van der Waals surface area (Å²) in [5.41, 5.74) is 3.40. The van der Waals surface area contributed by atoms with Crippen molar-refractivity contribution < 1.29 is 0 Å². The predicted molar refractivity (Wildman–Crippen MR) is 94.4 cm³/mol. The lowest BCUT2D eigenvalue weighted by Gasteiger charge is -2.24. The van der Waals surface area contributed by atoms with Crippen LogP contribution in [0.3, 0.4) is 0 Å². The van der Waals surface area contributed by atoms with Gasteiger partial charge >= 0.3 is 0 Å². The summed E-state index contributed by atoms with van der Waals surface area (Å²) in [5, 5.41) is 8.80. The lowest BCUT2D eigenvalue weighted by molar-refractivity contribution is 0.598. The smallest absolute Gasteiger partial charge is 0.227 e. The summed E-state index contributed by atoms with van der Waals surface area (Å²) in [4.78, 5) is 4.58. The second-order valence-corrected chi connectivity index (χ2v) is 6.07. The number of allylic oxidation sites excluding steroid dienone is 1. The minimum atomic E-state index is 0.0380. The lowest BCUT2D eigenvalue weighted by Crippen LogP contribution is -2.20. The van der Waals surface area contributed by atoms with E-state index in [1.54, 1.807) is 11.8 Å². The molecule has 1 aliphatic heterocycles. The molecular formula is C18H16N4S. The molecule has 0 saturated carbocycles. The van der Waals surface area contributed by atoms with E-state index in [1.165, 1.54) is 5.56 Å². The maximum atomic E-state index is 4.62. The molecule has 0 bridgehead atoms. The highest BCUT2D eigenvalue weighted by Crippen LogP contribution is 2.33. The number of rotatable bonds is 3. The van der Waals surface area contributed by atoms with Gasteiger partial charge < -0.3 is 5.32 Å². The average Bonchev–Trinajstić information content (AvgIpc) is 3.05. The van der Waals surface area contributed by atoms with Crippen LogP contribution in [-0.4, -0.2) is 21.0 Å². The highest BCUT2D eigenvalue weighted by atomic mass is 32.2. The summed E-state index contributed by atoms with van der Waals surface area (Å²) in [6, 6.07) is 20.7. The molecule has 0 fully saturated rings. The number of anilines is 1. The molecule has 0 amide bonds. The molecule has 4 nitrogen and oxygen atoms in total. The lowest BCUT2D eigenvalue weighted by atomic mass is 10.0. The van der Waals surface area contributed by atoms with Gasteiger partial charge in [0.15, 0.2) is 0 Å². The molecule has 114 valence electrons. The largest absolute Gasteiger partial charge is 0.324 e. The minimum Gasteiger partial charge on any atom is -0.324 e. The second-order valence-electron chi connectivity index (χ2n) is 5.29. The van der Waals surface area contributed by atoms with Crippen LogP contribution in [-0.2, 0) is 0 Å². The van der Waals surface area contributed by atoms with E-state index in [2.05, 4.69) is 57.9 Å². The first kappa shape index (κ1) is 14.1. The van der Waals surface area contributed by atoms with E-state index < -0.39 is 0 Å². The number of hydrogen-bond acceptors (Lipinski definition) is 4. The third-order valence-corrected chi connectivity index (χ3v) is 4.39. The van der Waals surface area contributed by atoms with Gasteiger partial charge in [-0.1, -0.05) is 72.4 Å². The number of nitrogens with zero attached hydrogens (tertiary/aromatic N) is 3. The first-order chi connectivity index (χ1) is 11.3. The Balaban J connectivity index is 1.83. The van der Waals surface area contributed by atoms with Crippen molar-refractivity contribution in [3.05, 3.63) is 77.9 Å². The molecule has 2 heterocycles. The number of thioether (sulfide) groups is 1. The van der Waals surface area contributed by atoms with E-state index in [0.29, 0.717) is 0 Å². The molecule has 0 saturated heterocycles. The van der Waals surface area contributed by atoms with Crippen LogP contribution < -0.4 is 5.32 Å². The first-order valence-corrected chi connectivity index (χ1v) is 8.67. The van der Waals surface area contributed by atoms with Crippen LogP contribution >= 0.6 is 11.8 Å². The van der Waals surface area contributed by atoms with Gasteiger partial charge in [0.05, 0.1) is 0 Å². The van der Waals surface area contributed by atoms with Gasteiger partial charge in [0.2, 0.25) is 11.1 Å². The van der Waals surface area contributed by atoms with Crippen LogP contribution in [0.1, 0.15) is 17.2 Å². The molecule has 5 heteroatoms. The van der Waals surface area contributed by atoms with E-state index in [-0.39, 0.29) is 6.04 Å². The van der Waals surface area contributed by atoms with Crippen LogP contribution in [0.4, 0.5) is 5.95 Å². The van der Waals surface area contributed by atoms with E-state index in [1.807, 2.05) is 35.2 Å². The quantitative estimate of drug-likeness (QED) is 0.739. The van der Waals surface area contributed by atoms with Crippen molar-refractivity contribution in [2.24, 2.45) is 0 Å². The van der Waals surface area contributed by atoms with Crippen molar-refractivity contribution in [3.8, 4) is 0 Å². The Morgan fingerprint density at radius 3 is 2.39 bits per heavy atom. The molecule has 0 spiro atoms. The van der Waals surface area contributed by atoms with Gasteiger partial charge in [-0.2, -0.15) is 4.98 Å². The van der Waals surface area contributed by atoms with E-state index >= 15 is 0 Å². The average molecular weight is 320 g/mol. The van der Waals surface area contributed by atoms with Crippen molar-refractivity contribution in [1.82, 2.24) is 14.8 Å². The Morgan fingerprint density at radius 1 is 1.00 bits per heavy atom. The van der Waals surface area contributed by atoms with Gasteiger partial charge in [0.25, 0.3) is 0 Å². The van der Waals surface area contributed by atoms with Crippen LogP contribution in [0.5, 0.6) is 0 Å². The second kappa shape index (κ2) is 5.93. The monoisotopic (exact) mass is 320 g/mol. The van der Waals surface area contributed by atoms with E-state index in [9.17, 15) is 0 Å². The zero-order valence-corrected chi connectivity index (χ0v) is 13.5. The molecule has 3 aromatic rings. The van der Waals surface area contributed by atoms with Gasteiger partial charge in [-0.25, -0.2) is 4.68 Å². The summed E-state index contributed by atoms with van der Waals surface area (Å²) in [5.74, 6) is 0.782. The van der Waals surface area contributed by atoms with Crippen LogP contribution in [0.15, 0.2) is 71.9 Å². The molecule has 0 unspecified atom stereocenters. The number of hydrogen-bond donors (Lipinski definition) is 1. The topological polar surface area (TPSA) is 42.7 Å². The SMILES string of the molecule is CSc1nc2n(n1)[C@H](c1ccccc1)C=C(c1ccccc1)N2. The summed E-state index contributed by atoms with van der Waals surface area (Å²) < 4.78 is 1.95. The normalized spacial score (nSPS) is 16.4. The van der Waals surface area contributed by atoms with Gasteiger partial charge in [0, 0.05) is 5.70 Å². The van der Waals surface area contributed by atoms with Crippen LogP contribution in [0.2, 0.25) is 0 Å². The Bertz CT molecular complexity index is 840. The fourth-order valence-corrected chi connectivity index (χ4v) is 3.08. The Hall–Kier alpha value is -2.53. The third kappa shape index (κ3) is 2.64. The summed E-state index contributed by atoms with van der Waals surface area (Å²) >= 11 is 1.55. The number of benzene rings is 2. The van der Waals surface area contributed by atoms with Crippen molar-refractivity contribution in [3.63, 3.8) is 0 Å². The molecular weight excluding hydrogens is 304 g/mol. The zero-order chi connectivity index (χ0) is 15.6. The number of aromatic nitrogens is 3. The first-order valence-electron chi connectivity index (χ1n) is 7.45. The number of fused-ring (bicyclic) bond motifs is 1. The predicted octanol–water partition coefficient (Wildman–Crippen LogP) is 4.06. The highest BCUT2D eigenvalue weighted by Gasteiger charge is 2.24. The Labute approximate surface area is 139 Å². The van der Waals surface area contributed by atoms with Gasteiger partial charge in [-0.15, -0.1) is 5.10 Å². The molecule has 1 aromatic heterocycles. The summed E-state index contributed by atoms with van der Waals surface area (Å²) in [6.45, 7) is 0. The van der Waals surface area contributed by atoms with Crippen molar-refractivity contribution in [2.45, 2.75) is 11.2 Å². The molecule has 1 N–H and O–H groups in total. The molecule has 1 atom stereocenters. The van der Waals surface area contributed by atoms with Gasteiger partial charge in [0.1, 0.15) is 6.04 Å². The maximum Gasteiger partial charge on any atom is 0.227 e. The standard InChI is InChI=1S/C18H16N4S/c1-23-18-20-17-19-15(13-8-4-2-5-9-13)12-16(22(17)21-18)14-10-6-3-7-11-14/h2-12,16H,1H3,(H,19,20,21)/t16-/m0/s1. The van der Waals surface area contributed by atoms with Crippen molar-refractivity contribution in [2.75, 3.05) is 11.6 Å². The molecule has 1 aliphatic rings. The van der Waals surface area contributed by atoms with E-state index in [4.69, 9.17) is 0 Å². The Kier molecular flexibility index (Phi) is 3.63. The zero-order valence-electron chi connectivity index (χ0n) is 12.7. The van der Waals surface area contributed by atoms with E-state index in [0.717, 1.165) is 22.4 Å². The maximum absolute atomic E-state index is 4.62. The molecule has 2 aromatic carbocycles.